The summed E-state index contributed by atoms with van der Waals surface area (Å²) in [5, 5.41) is 13.7. The molecule has 0 saturated carbocycles. The number of morpholine rings is 1. The zero-order valence-electron chi connectivity index (χ0n) is 12.6. The molecule has 1 saturated heterocycles. The Morgan fingerprint density at radius 2 is 2.19 bits per heavy atom. The van der Waals surface area contributed by atoms with E-state index in [-0.39, 0.29) is 12.6 Å². The molecule has 2 N–H and O–H groups in total. The number of ether oxygens (including phenoxy) is 1. The highest BCUT2D eigenvalue weighted by molar-refractivity contribution is 6.30. The van der Waals surface area contributed by atoms with Crippen molar-refractivity contribution in [2.45, 2.75) is 25.4 Å². The van der Waals surface area contributed by atoms with Crippen LogP contribution in [0.1, 0.15) is 24.9 Å². The van der Waals surface area contributed by atoms with Gasteiger partial charge in [-0.3, -0.25) is 4.90 Å². The summed E-state index contributed by atoms with van der Waals surface area (Å²) >= 11 is 5.96. The highest BCUT2D eigenvalue weighted by Crippen LogP contribution is 2.20. The Labute approximate surface area is 132 Å². The van der Waals surface area contributed by atoms with E-state index in [9.17, 15) is 5.11 Å². The quantitative estimate of drug-likeness (QED) is 0.809. The van der Waals surface area contributed by atoms with Crippen molar-refractivity contribution in [2.75, 3.05) is 39.5 Å². The molecule has 1 aromatic rings. The van der Waals surface area contributed by atoms with Crippen molar-refractivity contribution in [2.24, 2.45) is 0 Å². The summed E-state index contributed by atoms with van der Waals surface area (Å²) in [7, 11) is 0. The minimum atomic E-state index is 0.131. The van der Waals surface area contributed by atoms with Gasteiger partial charge in [-0.25, -0.2) is 0 Å². The van der Waals surface area contributed by atoms with Gasteiger partial charge in [0.1, 0.15) is 0 Å². The van der Waals surface area contributed by atoms with Gasteiger partial charge in [-0.05, 0) is 30.7 Å². The van der Waals surface area contributed by atoms with Crippen LogP contribution in [-0.4, -0.2) is 55.5 Å². The van der Waals surface area contributed by atoms with E-state index in [2.05, 4.69) is 29.3 Å². The smallest absolute Gasteiger partial charge is 0.0644 e. The van der Waals surface area contributed by atoms with E-state index < -0.39 is 0 Å². The van der Waals surface area contributed by atoms with Gasteiger partial charge in [0.15, 0.2) is 0 Å². The molecule has 0 radical (unpaired) electrons. The number of benzene rings is 1. The van der Waals surface area contributed by atoms with Crippen LogP contribution in [0.2, 0.25) is 5.02 Å². The van der Waals surface area contributed by atoms with Crippen LogP contribution in [0.4, 0.5) is 0 Å². The van der Waals surface area contributed by atoms with Crippen LogP contribution in [0.3, 0.4) is 0 Å². The molecule has 0 aromatic heterocycles. The largest absolute Gasteiger partial charge is 0.395 e. The molecule has 1 aromatic carbocycles. The van der Waals surface area contributed by atoms with Gasteiger partial charge >= 0.3 is 0 Å². The van der Waals surface area contributed by atoms with E-state index in [4.69, 9.17) is 16.3 Å². The summed E-state index contributed by atoms with van der Waals surface area (Å²) in [6.45, 7) is 6.44. The van der Waals surface area contributed by atoms with Crippen molar-refractivity contribution < 1.29 is 9.84 Å². The van der Waals surface area contributed by atoms with Gasteiger partial charge in [-0.2, -0.15) is 0 Å². The van der Waals surface area contributed by atoms with Crippen LogP contribution in [0.15, 0.2) is 24.3 Å². The Bertz CT molecular complexity index is 413. The molecular formula is C16H25ClN2O2. The summed E-state index contributed by atoms with van der Waals surface area (Å²) in [5.74, 6) is 0. The third-order valence-electron chi connectivity index (χ3n) is 3.99. The fraction of sp³-hybridized carbons (Fsp3) is 0.625. The molecule has 118 valence electrons. The lowest BCUT2D eigenvalue weighted by atomic mass is 10.0. The van der Waals surface area contributed by atoms with Crippen LogP contribution >= 0.6 is 11.6 Å². The Kier molecular flexibility index (Phi) is 6.93. The van der Waals surface area contributed by atoms with E-state index in [0.29, 0.717) is 12.6 Å². The summed E-state index contributed by atoms with van der Waals surface area (Å²) in [6.07, 6.45) is 1.01. The number of halogens is 1. The normalized spacial score (nSPS) is 21.4. The van der Waals surface area contributed by atoms with Crippen LogP contribution in [0, 0.1) is 0 Å². The summed E-state index contributed by atoms with van der Waals surface area (Å²) in [6, 6.07) is 8.48. The molecule has 0 aliphatic carbocycles. The number of aliphatic hydroxyl groups is 1. The molecule has 21 heavy (non-hydrogen) atoms. The predicted molar refractivity (Wildman–Crippen MR) is 85.8 cm³/mol. The molecule has 1 aliphatic heterocycles. The van der Waals surface area contributed by atoms with Crippen LogP contribution in [0.25, 0.3) is 0 Å². The van der Waals surface area contributed by atoms with E-state index in [1.54, 1.807) is 0 Å². The predicted octanol–water partition coefficient (Wildman–Crippen LogP) is 2.07. The minimum Gasteiger partial charge on any atom is -0.395 e. The summed E-state index contributed by atoms with van der Waals surface area (Å²) in [5.41, 5.74) is 1.26. The second-order valence-electron chi connectivity index (χ2n) is 5.40. The molecule has 0 spiro atoms. The fourth-order valence-electron chi connectivity index (χ4n) is 2.77. The first-order valence-electron chi connectivity index (χ1n) is 7.66. The van der Waals surface area contributed by atoms with Crippen molar-refractivity contribution in [3.05, 3.63) is 34.9 Å². The first-order valence-corrected chi connectivity index (χ1v) is 8.04. The number of hydrogen-bond donors (Lipinski definition) is 2. The summed E-state index contributed by atoms with van der Waals surface area (Å²) in [4.78, 5) is 2.32. The topological polar surface area (TPSA) is 44.7 Å². The first kappa shape index (κ1) is 16.7. The Morgan fingerprint density at radius 1 is 1.43 bits per heavy atom. The zero-order valence-corrected chi connectivity index (χ0v) is 13.4. The molecule has 1 heterocycles. The minimum absolute atomic E-state index is 0.131. The van der Waals surface area contributed by atoms with E-state index >= 15 is 0 Å². The van der Waals surface area contributed by atoms with Crippen LogP contribution in [0.5, 0.6) is 0 Å². The van der Waals surface area contributed by atoms with E-state index in [0.717, 1.165) is 37.7 Å². The highest BCUT2D eigenvalue weighted by atomic mass is 35.5. The molecule has 1 fully saturated rings. The maximum atomic E-state index is 9.43. The maximum absolute atomic E-state index is 9.43. The molecule has 4 nitrogen and oxygen atoms in total. The third kappa shape index (κ3) is 4.94. The Balaban J connectivity index is 1.94. The van der Waals surface area contributed by atoms with Gasteiger partial charge in [0.2, 0.25) is 0 Å². The molecular weight excluding hydrogens is 288 g/mol. The molecule has 0 bridgehead atoms. The Morgan fingerprint density at radius 3 is 2.86 bits per heavy atom. The van der Waals surface area contributed by atoms with Gasteiger partial charge in [-0.15, -0.1) is 0 Å². The molecule has 1 aliphatic rings. The van der Waals surface area contributed by atoms with Crippen molar-refractivity contribution in [1.29, 1.82) is 0 Å². The third-order valence-corrected chi connectivity index (χ3v) is 4.24. The number of aliphatic hydroxyl groups excluding tert-OH is 1. The SMILES string of the molecule is CCNC(CCN1CCOCC1CO)c1ccc(Cl)cc1. The Hall–Kier alpha value is -0.650. The average Bonchev–Trinajstić information content (AvgIpc) is 2.52. The molecule has 5 heteroatoms. The van der Waals surface area contributed by atoms with Crippen LogP contribution < -0.4 is 5.32 Å². The average molecular weight is 313 g/mol. The fourth-order valence-corrected chi connectivity index (χ4v) is 2.90. The van der Waals surface area contributed by atoms with Crippen molar-refractivity contribution >= 4 is 11.6 Å². The molecule has 2 unspecified atom stereocenters. The van der Waals surface area contributed by atoms with Gasteiger partial charge < -0.3 is 15.2 Å². The van der Waals surface area contributed by atoms with Gasteiger partial charge in [0, 0.05) is 24.2 Å². The standard InChI is InChI=1S/C16H25ClN2O2/c1-2-18-16(13-3-5-14(17)6-4-13)7-8-19-9-10-21-12-15(19)11-20/h3-6,15-16,18,20H,2,7-12H2,1H3. The zero-order chi connectivity index (χ0) is 15.1. The van der Waals surface area contributed by atoms with Crippen molar-refractivity contribution in [3.8, 4) is 0 Å². The van der Waals surface area contributed by atoms with Crippen LogP contribution in [-0.2, 0) is 4.74 Å². The molecule has 2 rings (SSSR count). The number of nitrogens with one attached hydrogen (secondary N) is 1. The number of nitrogens with zero attached hydrogens (tertiary/aromatic N) is 1. The number of rotatable bonds is 7. The lowest BCUT2D eigenvalue weighted by Crippen LogP contribution is -2.48. The second kappa shape index (κ2) is 8.71. The second-order valence-corrected chi connectivity index (χ2v) is 5.83. The lowest BCUT2D eigenvalue weighted by Gasteiger charge is -2.35. The van der Waals surface area contributed by atoms with Gasteiger partial charge in [0.25, 0.3) is 0 Å². The first-order chi connectivity index (χ1) is 10.2. The molecule has 0 amide bonds. The maximum Gasteiger partial charge on any atom is 0.0644 e. The monoisotopic (exact) mass is 312 g/mol. The molecule has 2 atom stereocenters. The number of hydrogen-bond acceptors (Lipinski definition) is 4. The summed E-state index contributed by atoms with van der Waals surface area (Å²) < 4.78 is 5.42. The van der Waals surface area contributed by atoms with E-state index in [1.807, 2.05) is 12.1 Å². The van der Waals surface area contributed by atoms with Crippen molar-refractivity contribution in [3.63, 3.8) is 0 Å². The van der Waals surface area contributed by atoms with Crippen molar-refractivity contribution in [1.82, 2.24) is 10.2 Å². The van der Waals surface area contributed by atoms with Gasteiger partial charge in [0.05, 0.1) is 25.9 Å². The lowest BCUT2D eigenvalue weighted by molar-refractivity contribution is -0.0286. The highest BCUT2D eigenvalue weighted by Gasteiger charge is 2.23. The van der Waals surface area contributed by atoms with E-state index in [1.165, 1.54) is 5.56 Å². The van der Waals surface area contributed by atoms with Gasteiger partial charge in [-0.1, -0.05) is 30.7 Å².